The van der Waals surface area contributed by atoms with Crippen LogP contribution in [-0.4, -0.2) is 18.0 Å². The Labute approximate surface area is 110 Å². The molecule has 0 bridgehead atoms. The molecule has 1 fully saturated rings. The van der Waals surface area contributed by atoms with Gasteiger partial charge in [-0.25, -0.2) is 0 Å². The molecule has 1 heterocycles. The summed E-state index contributed by atoms with van der Waals surface area (Å²) < 4.78 is 0. The van der Waals surface area contributed by atoms with E-state index in [2.05, 4.69) is 43.2 Å². The van der Waals surface area contributed by atoms with Crippen LogP contribution in [0.5, 0.6) is 0 Å². The molecule has 0 aromatic heterocycles. The average Bonchev–Trinajstić information content (AvgIpc) is 2.87. The standard InChI is InChI=1S/C17H21N/c1-11-7-8-16-14(9-11)15-10-12-5-3-4-6-13(12)17(15)18(16)2/h3-4,6,9,12,15,17H,5,7-8,10H2,1-2H3. The largest absolute Gasteiger partial charge is 0.370 e. The lowest BCUT2D eigenvalue weighted by atomic mass is 9.89. The molecule has 0 N–H and O–H groups in total. The molecule has 1 nitrogen and oxygen atoms in total. The van der Waals surface area contributed by atoms with E-state index < -0.39 is 0 Å². The van der Waals surface area contributed by atoms with Crippen molar-refractivity contribution >= 4 is 0 Å². The number of hydrogen-bond donors (Lipinski definition) is 0. The zero-order valence-electron chi connectivity index (χ0n) is 11.3. The van der Waals surface area contributed by atoms with Crippen molar-refractivity contribution in [3.63, 3.8) is 0 Å². The van der Waals surface area contributed by atoms with Gasteiger partial charge in [-0.3, -0.25) is 0 Å². The van der Waals surface area contributed by atoms with Gasteiger partial charge in [-0.1, -0.05) is 29.9 Å². The van der Waals surface area contributed by atoms with E-state index in [1.54, 1.807) is 22.4 Å². The predicted molar refractivity (Wildman–Crippen MR) is 75.0 cm³/mol. The minimum absolute atomic E-state index is 0.673. The van der Waals surface area contributed by atoms with Gasteiger partial charge in [0.15, 0.2) is 0 Å². The molecule has 4 aliphatic rings. The first kappa shape index (κ1) is 10.7. The third-order valence-corrected chi connectivity index (χ3v) is 5.31. The molecular weight excluding hydrogens is 218 g/mol. The number of rotatable bonds is 0. The number of fused-ring (bicyclic) bond motifs is 4. The van der Waals surface area contributed by atoms with E-state index in [0.29, 0.717) is 6.04 Å². The maximum atomic E-state index is 2.59. The van der Waals surface area contributed by atoms with Crippen LogP contribution in [0.4, 0.5) is 0 Å². The SMILES string of the molecule is CC1=CC2=C(CC1)N(C)C1C3=CC=CCC3CC21. The summed E-state index contributed by atoms with van der Waals surface area (Å²) in [5, 5.41) is 0. The molecule has 1 saturated carbocycles. The molecule has 0 radical (unpaired) electrons. The molecule has 18 heavy (non-hydrogen) atoms. The molecule has 3 atom stereocenters. The number of likely N-dealkylation sites (N-methyl/N-ethyl adjacent to an activating group) is 1. The maximum absolute atomic E-state index is 2.59. The van der Waals surface area contributed by atoms with Crippen molar-refractivity contribution in [2.24, 2.45) is 11.8 Å². The van der Waals surface area contributed by atoms with Gasteiger partial charge in [-0.2, -0.15) is 0 Å². The lowest BCUT2D eigenvalue weighted by Crippen LogP contribution is -2.29. The summed E-state index contributed by atoms with van der Waals surface area (Å²) in [4.78, 5) is 2.59. The molecular formula is C17H21N. The Bertz CT molecular complexity index is 518. The van der Waals surface area contributed by atoms with E-state index in [9.17, 15) is 0 Å². The highest BCUT2D eigenvalue weighted by atomic mass is 15.2. The number of allylic oxidation sites excluding steroid dienone is 6. The van der Waals surface area contributed by atoms with Gasteiger partial charge in [0.2, 0.25) is 0 Å². The molecule has 0 aromatic rings. The van der Waals surface area contributed by atoms with Gasteiger partial charge in [0.25, 0.3) is 0 Å². The smallest absolute Gasteiger partial charge is 0.0571 e. The monoisotopic (exact) mass is 239 g/mol. The van der Waals surface area contributed by atoms with Crippen molar-refractivity contribution < 1.29 is 0 Å². The minimum Gasteiger partial charge on any atom is -0.370 e. The second-order valence-corrected chi connectivity index (χ2v) is 6.32. The quantitative estimate of drug-likeness (QED) is 0.621. The fourth-order valence-corrected chi connectivity index (χ4v) is 4.47. The van der Waals surface area contributed by atoms with E-state index in [4.69, 9.17) is 0 Å². The molecule has 1 aliphatic heterocycles. The number of nitrogens with zero attached hydrogens (tertiary/aromatic N) is 1. The highest BCUT2D eigenvalue weighted by molar-refractivity contribution is 5.46. The zero-order valence-corrected chi connectivity index (χ0v) is 11.3. The maximum Gasteiger partial charge on any atom is 0.0571 e. The van der Waals surface area contributed by atoms with Gasteiger partial charge < -0.3 is 4.90 Å². The van der Waals surface area contributed by atoms with Gasteiger partial charge >= 0.3 is 0 Å². The first-order chi connectivity index (χ1) is 8.75. The molecule has 0 aromatic carbocycles. The molecule has 94 valence electrons. The Morgan fingerprint density at radius 1 is 1.28 bits per heavy atom. The van der Waals surface area contributed by atoms with Crippen molar-refractivity contribution in [2.75, 3.05) is 7.05 Å². The summed E-state index contributed by atoms with van der Waals surface area (Å²) in [6, 6.07) is 0.673. The van der Waals surface area contributed by atoms with Crippen LogP contribution >= 0.6 is 0 Å². The van der Waals surface area contributed by atoms with E-state index >= 15 is 0 Å². The summed E-state index contributed by atoms with van der Waals surface area (Å²) in [5.41, 5.74) is 6.57. The second-order valence-electron chi connectivity index (χ2n) is 6.32. The Morgan fingerprint density at radius 3 is 3.06 bits per heavy atom. The van der Waals surface area contributed by atoms with E-state index in [1.165, 1.54) is 25.7 Å². The number of hydrogen-bond acceptors (Lipinski definition) is 1. The van der Waals surface area contributed by atoms with Gasteiger partial charge in [0.05, 0.1) is 6.04 Å². The van der Waals surface area contributed by atoms with Crippen molar-refractivity contribution in [1.82, 2.24) is 4.90 Å². The molecule has 3 unspecified atom stereocenters. The van der Waals surface area contributed by atoms with Crippen LogP contribution in [0.3, 0.4) is 0 Å². The van der Waals surface area contributed by atoms with Crippen LogP contribution in [0, 0.1) is 11.8 Å². The molecule has 4 rings (SSSR count). The van der Waals surface area contributed by atoms with Crippen LogP contribution < -0.4 is 0 Å². The highest BCUT2D eigenvalue weighted by Gasteiger charge is 2.47. The fraction of sp³-hybridized carbons (Fsp3) is 0.529. The lowest BCUT2D eigenvalue weighted by molar-refractivity contribution is 0.336. The predicted octanol–water partition coefficient (Wildman–Crippen LogP) is 3.82. The summed E-state index contributed by atoms with van der Waals surface area (Å²) >= 11 is 0. The van der Waals surface area contributed by atoms with Gasteiger partial charge in [0, 0.05) is 18.7 Å². The fourth-order valence-electron chi connectivity index (χ4n) is 4.47. The summed E-state index contributed by atoms with van der Waals surface area (Å²) in [5.74, 6) is 1.59. The van der Waals surface area contributed by atoms with Gasteiger partial charge in [-0.15, -0.1) is 0 Å². The van der Waals surface area contributed by atoms with Crippen molar-refractivity contribution in [3.8, 4) is 0 Å². The third-order valence-electron chi connectivity index (χ3n) is 5.31. The van der Waals surface area contributed by atoms with E-state index in [0.717, 1.165) is 11.8 Å². The Kier molecular flexibility index (Phi) is 2.15. The first-order valence-corrected chi connectivity index (χ1v) is 7.25. The molecule has 0 amide bonds. The third kappa shape index (κ3) is 1.28. The van der Waals surface area contributed by atoms with E-state index in [-0.39, 0.29) is 0 Å². The summed E-state index contributed by atoms with van der Waals surface area (Å²) in [7, 11) is 2.32. The van der Waals surface area contributed by atoms with Crippen molar-refractivity contribution in [2.45, 2.75) is 38.6 Å². The Hall–Kier alpha value is -1.24. The molecule has 0 saturated heterocycles. The zero-order chi connectivity index (χ0) is 12.3. The summed E-state index contributed by atoms with van der Waals surface area (Å²) in [6.45, 7) is 2.29. The van der Waals surface area contributed by atoms with Crippen LogP contribution in [-0.2, 0) is 0 Å². The topological polar surface area (TPSA) is 3.24 Å². The van der Waals surface area contributed by atoms with Crippen LogP contribution in [0.25, 0.3) is 0 Å². The Balaban J connectivity index is 1.77. The van der Waals surface area contributed by atoms with E-state index in [1.807, 2.05) is 0 Å². The Morgan fingerprint density at radius 2 is 2.17 bits per heavy atom. The van der Waals surface area contributed by atoms with Crippen molar-refractivity contribution in [3.05, 3.63) is 46.7 Å². The average molecular weight is 239 g/mol. The van der Waals surface area contributed by atoms with Crippen molar-refractivity contribution in [1.29, 1.82) is 0 Å². The molecule has 0 spiro atoms. The highest BCUT2D eigenvalue weighted by Crippen LogP contribution is 2.53. The molecule has 1 heteroatoms. The second kappa shape index (κ2) is 3.63. The molecule has 3 aliphatic carbocycles. The normalized spacial score (nSPS) is 37.2. The van der Waals surface area contributed by atoms with Crippen LogP contribution in [0.2, 0.25) is 0 Å². The first-order valence-electron chi connectivity index (χ1n) is 7.25. The van der Waals surface area contributed by atoms with Gasteiger partial charge in [-0.05, 0) is 49.7 Å². The lowest BCUT2D eigenvalue weighted by Gasteiger charge is -2.28. The van der Waals surface area contributed by atoms with Gasteiger partial charge in [0.1, 0.15) is 0 Å². The van der Waals surface area contributed by atoms with Crippen LogP contribution in [0.1, 0.15) is 32.6 Å². The summed E-state index contributed by atoms with van der Waals surface area (Å²) in [6.07, 6.45) is 14.6. The van der Waals surface area contributed by atoms with Crippen LogP contribution in [0.15, 0.2) is 46.7 Å². The minimum atomic E-state index is 0.673.